The lowest BCUT2D eigenvalue weighted by Gasteiger charge is -2.26. The average molecular weight is 359 g/mol. The van der Waals surface area contributed by atoms with Crippen molar-refractivity contribution in [3.63, 3.8) is 0 Å². The van der Waals surface area contributed by atoms with Crippen LogP contribution in [0.2, 0.25) is 0 Å². The second kappa shape index (κ2) is 8.30. The van der Waals surface area contributed by atoms with Crippen LogP contribution in [-0.2, 0) is 9.53 Å². The minimum absolute atomic E-state index is 0.0427. The minimum atomic E-state index is -4.47. The molecule has 138 valence electrons. The van der Waals surface area contributed by atoms with E-state index < -0.39 is 24.7 Å². The Kier molecular flexibility index (Phi) is 6.38. The van der Waals surface area contributed by atoms with Gasteiger partial charge < -0.3 is 21.1 Å². The van der Waals surface area contributed by atoms with Crippen LogP contribution in [0.5, 0.6) is 0 Å². The molecular weight excluding hydrogens is 339 g/mol. The lowest BCUT2D eigenvalue weighted by atomic mass is 9.92. The number of carbonyl (C=O) groups is 2. The van der Waals surface area contributed by atoms with Gasteiger partial charge in [-0.25, -0.2) is 0 Å². The summed E-state index contributed by atoms with van der Waals surface area (Å²) in [4.78, 5) is 23.8. The van der Waals surface area contributed by atoms with E-state index in [0.717, 1.165) is 0 Å². The van der Waals surface area contributed by atoms with Gasteiger partial charge in [0, 0.05) is 24.5 Å². The first-order chi connectivity index (χ1) is 11.8. The fourth-order valence-corrected chi connectivity index (χ4v) is 2.50. The smallest absolute Gasteiger partial charge is 0.381 e. The zero-order valence-electron chi connectivity index (χ0n) is 13.4. The van der Waals surface area contributed by atoms with Crippen LogP contribution in [0.3, 0.4) is 0 Å². The summed E-state index contributed by atoms with van der Waals surface area (Å²) < 4.78 is 41.5. The second-order valence-electron chi connectivity index (χ2n) is 5.84. The van der Waals surface area contributed by atoms with E-state index in [1.54, 1.807) is 5.32 Å². The molecule has 0 spiro atoms. The highest BCUT2D eigenvalue weighted by molar-refractivity contribution is 5.97. The zero-order valence-corrected chi connectivity index (χ0v) is 13.4. The van der Waals surface area contributed by atoms with Crippen molar-refractivity contribution in [2.75, 3.05) is 25.1 Å². The average Bonchev–Trinajstić information content (AvgIpc) is 2.59. The Morgan fingerprint density at radius 1 is 1.20 bits per heavy atom. The number of halogens is 3. The molecule has 9 heteroatoms. The topological polar surface area (TPSA) is 93.5 Å². The molecule has 6 nitrogen and oxygen atoms in total. The number of anilines is 1. The molecule has 1 aliphatic heterocycles. The Labute approximate surface area is 142 Å². The van der Waals surface area contributed by atoms with Gasteiger partial charge in [-0.15, -0.1) is 0 Å². The molecule has 0 radical (unpaired) electrons. The van der Waals surface area contributed by atoms with Crippen molar-refractivity contribution in [1.82, 2.24) is 5.32 Å². The molecule has 0 saturated carbocycles. The van der Waals surface area contributed by atoms with Gasteiger partial charge in [0.15, 0.2) is 0 Å². The van der Waals surface area contributed by atoms with Gasteiger partial charge in [0.25, 0.3) is 5.91 Å². The summed E-state index contributed by atoms with van der Waals surface area (Å²) in [6.07, 6.45) is -3.04. The van der Waals surface area contributed by atoms with E-state index in [1.807, 2.05) is 0 Å². The molecule has 1 fully saturated rings. The van der Waals surface area contributed by atoms with E-state index in [4.69, 9.17) is 10.5 Å². The molecule has 1 aliphatic rings. The molecule has 4 N–H and O–H groups in total. The third-order valence-electron chi connectivity index (χ3n) is 3.94. The van der Waals surface area contributed by atoms with Crippen molar-refractivity contribution in [2.24, 2.45) is 11.7 Å². The number of ether oxygens (including phenoxy) is 1. The van der Waals surface area contributed by atoms with E-state index in [-0.39, 0.29) is 17.4 Å². The monoisotopic (exact) mass is 359 g/mol. The van der Waals surface area contributed by atoms with E-state index in [0.29, 0.717) is 31.7 Å². The highest BCUT2D eigenvalue weighted by Crippen LogP contribution is 2.19. The van der Waals surface area contributed by atoms with Crippen molar-refractivity contribution in [3.8, 4) is 0 Å². The maximum Gasteiger partial charge on any atom is 0.405 e. The quantitative estimate of drug-likeness (QED) is 0.746. The van der Waals surface area contributed by atoms with Crippen LogP contribution in [0.15, 0.2) is 24.3 Å². The third-order valence-corrected chi connectivity index (χ3v) is 3.94. The Morgan fingerprint density at radius 3 is 2.36 bits per heavy atom. The van der Waals surface area contributed by atoms with E-state index in [2.05, 4.69) is 5.32 Å². The molecule has 1 unspecified atom stereocenters. The van der Waals surface area contributed by atoms with Crippen molar-refractivity contribution in [3.05, 3.63) is 29.8 Å². The highest BCUT2D eigenvalue weighted by atomic mass is 19.4. The third kappa shape index (κ3) is 6.02. The van der Waals surface area contributed by atoms with Gasteiger partial charge >= 0.3 is 6.18 Å². The summed E-state index contributed by atoms with van der Waals surface area (Å²) in [5.74, 6) is -1.14. The van der Waals surface area contributed by atoms with E-state index in [9.17, 15) is 22.8 Å². The number of hydrogen-bond acceptors (Lipinski definition) is 4. The second-order valence-corrected chi connectivity index (χ2v) is 5.84. The fourth-order valence-electron chi connectivity index (χ4n) is 2.50. The largest absolute Gasteiger partial charge is 0.405 e. The van der Waals surface area contributed by atoms with Gasteiger partial charge in [-0.3, -0.25) is 9.59 Å². The first-order valence-electron chi connectivity index (χ1n) is 7.85. The summed E-state index contributed by atoms with van der Waals surface area (Å²) in [6.45, 7) is -0.245. The summed E-state index contributed by atoms with van der Waals surface area (Å²) >= 11 is 0. The van der Waals surface area contributed by atoms with Crippen LogP contribution in [-0.4, -0.2) is 43.8 Å². The fraction of sp³-hybridized carbons (Fsp3) is 0.500. The number of amides is 2. The zero-order chi connectivity index (χ0) is 18.4. The minimum Gasteiger partial charge on any atom is -0.381 e. The molecule has 2 amide bonds. The molecule has 2 rings (SSSR count). The highest BCUT2D eigenvalue weighted by Gasteiger charge is 2.28. The SMILES string of the molecule is NC(C(=O)Nc1ccc(C(=O)NCC(F)(F)F)cc1)C1CCOCC1. The van der Waals surface area contributed by atoms with Gasteiger partial charge in [0.2, 0.25) is 5.91 Å². The molecule has 0 bridgehead atoms. The first kappa shape index (κ1) is 19.2. The molecule has 0 aliphatic carbocycles. The van der Waals surface area contributed by atoms with E-state index in [1.165, 1.54) is 24.3 Å². The molecular formula is C16H20F3N3O3. The summed E-state index contributed by atoms with van der Waals surface area (Å²) in [6, 6.07) is 4.88. The predicted octanol–water partition coefficient (Wildman–Crippen LogP) is 1.67. The number of nitrogens with one attached hydrogen (secondary N) is 2. The van der Waals surface area contributed by atoms with Gasteiger partial charge in [-0.05, 0) is 43.0 Å². The first-order valence-corrected chi connectivity index (χ1v) is 7.85. The number of benzene rings is 1. The van der Waals surface area contributed by atoms with Gasteiger partial charge in [0.1, 0.15) is 6.54 Å². The summed E-state index contributed by atoms with van der Waals surface area (Å²) in [7, 11) is 0. The molecule has 1 saturated heterocycles. The standard InChI is InChI=1S/C16H20F3N3O3/c17-16(18,19)9-21-14(23)11-1-3-12(4-2-11)22-15(24)13(20)10-5-7-25-8-6-10/h1-4,10,13H,5-9,20H2,(H,21,23)(H,22,24). The normalized spacial score (nSPS) is 17.0. The van der Waals surface area contributed by atoms with Crippen LogP contribution in [0, 0.1) is 5.92 Å². The van der Waals surface area contributed by atoms with Crippen LogP contribution < -0.4 is 16.4 Å². The molecule has 1 heterocycles. The van der Waals surface area contributed by atoms with E-state index >= 15 is 0 Å². The predicted molar refractivity (Wildman–Crippen MR) is 85.0 cm³/mol. The van der Waals surface area contributed by atoms with Crippen molar-refractivity contribution in [2.45, 2.75) is 25.1 Å². The van der Waals surface area contributed by atoms with Gasteiger partial charge in [-0.1, -0.05) is 0 Å². The number of alkyl halides is 3. The summed E-state index contributed by atoms with van der Waals surface area (Å²) in [5, 5.41) is 4.42. The molecule has 25 heavy (non-hydrogen) atoms. The van der Waals surface area contributed by atoms with Crippen molar-refractivity contribution >= 4 is 17.5 Å². The van der Waals surface area contributed by atoms with Gasteiger partial charge in [0.05, 0.1) is 6.04 Å². The maximum atomic E-state index is 12.2. The Hall–Kier alpha value is -2.13. The van der Waals surface area contributed by atoms with Crippen molar-refractivity contribution < 1.29 is 27.5 Å². The van der Waals surface area contributed by atoms with Crippen LogP contribution in [0.1, 0.15) is 23.2 Å². The van der Waals surface area contributed by atoms with Gasteiger partial charge in [-0.2, -0.15) is 13.2 Å². The van der Waals surface area contributed by atoms with Crippen LogP contribution in [0.4, 0.5) is 18.9 Å². The molecule has 1 aromatic carbocycles. The van der Waals surface area contributed by atoms with Crippen molar-refractivity contribution in [1.29, 1.82) is 0 Å². The molecule has 0 aromatic heterocycles. The summed E-state index contributed by atoms with van der Waals surface area (Å²) in [5.41, 5.74) is 6.44. The Balaban J connectivity index is 1.88. The molecule has 1 aromatic rings. The Morgan fingerprint density at radius 2 is 1.80 bits per heavy atom. The Bertz CT molecular complexity index is 599. The maximum absolute atomic E-state index is 12.2. The van der Waals surface area contributed by atoms with Crippen LogP contribution >= 0.6 is 0 Å². The number of rotatable bonds is 5. The number of hydrogen-bond donors (Lipinski definition) is 3. The number of carbonyl (C=O) groups excluding carboxylic acids is 2. The van der Waals surface area contributed by atoms with Crippen LogP contribution in [0.25, 0.3) is 0 Å². The molecule has 1 atom stereocenters. The number of nitrogens with two attached hydrogens (primary N) is 1. The lowest BCUT2D eigenvalue weighted by Crippen LogP contribution is -2.44. The lowest BCUT2D eigenvalue weighted by molar-refractivity contribution is -0.123.